The minimum atomic E-state index is -0.786. The summed E-state index contributed by atoms with van der Waals surface area (Å²) in [7, 11) is 1.62. The third-order valence-corrected chi connectivity index (χ3v) is 5.46. The van der Waals surface area contributed by atoms with Crippen LogP contribution in [0.25, 0.3) is 11.0 Å². The summed E-state index contributed by atoms with van der Waals surface area (Å²) in [6.45, 7) is 5.30. The van der Waals surface area contributed by atoms with Crippen molar-refractivity contribution in [1.29, 1.82) is 0 Å². The number of amides is 1. The molecule has 0 spiro atoms. The summed E-state index contributed by atoms with van der Waals surface area (Å²) in [4.78, 5) is 33.7. The van der Waals surface area contributed by atoms with Gasteiger partial charge < -0.3 is 19.7 Å². The molecule has 1 aromatic carbocycles. The fourth-order valence-corrected chi connectivity index (χ4v) is 4.02. The van der Waals surface area contributed by atoms with E-state index in [1.54, 1.807) is 7.11 Å². The highest BCUT2D eigenvalue weighted by molar-refractivity contribution is 5.77. The van der Waals surface area contributed by atoms with Gasteiger partial charge in [0.15, 0.2) is 0 Å². The number of carbonyl (C=O) groups is 2. The predicted octanol–water partition coefficient (Wildman–Crippen LogP) is 3.10. The second-order valence-electron chi connectivity index (χ2n) is 8.12. The van der Waals surface area contributed by atoms with E-state index in [0.717, 1.165) is 29.0 Å². The van der Waals surface area contributed by atoms with Crippen LogP contribution in [0.3, 0.4) is 0 Å². The predicted molar refractivity (Wildman–Crippen MR) is 106 cm³/mol. The van der Waals surface area contributed by atoms with Gasteiger partial charge in [-0.05, 0) is 36.3 Å². The van der Waals surface area contributed by atoms with Crippen LogP contribution in [0.4, 0.5) is 0 Å². The molecule has 2 N–H and O–H groups in total. The van der Waals surface area contributed by atoms with Crippen molar-refractivity contribution in [1.82, 2.24) is 14.9 Å². The summed E-state index contributed by atoms with van der Waals surface area (Å²) in [5.74, 6) is 1.38. The Morgan fingerprint density at radius 1 is 1.36 bits per heavy atom. The van der Waals surface area contributed by atoms with Gasteiger partial charge in [-0.2, -0.15) is 0 Å². The molecule has 2 aromatic rings. The Kier molecular flexibility index (Phi) is 6.21. The highest BCUT2D eigenvalue weighted by Crippen LogP contribution is 2.30. The number of carboxylic acid groups (broad SMARTS) is 1. The number of methoxy groups -OCH3 is 1. The number of nitrogens with zero attached hydrogens (tertiary/aromatic N) is 2. The first-order chi connectivity index (χ1) is 13.4. The number of hydrogen-bond acceptors (Lipinski definition) is 4. The van der Waals surface area contributed by atoms with E-state index in [9.17, 15) is 14.7 Å². The van der Waals surface area contributed by atoms with E-state index >= 15 is 0 Å². The molecule has 7 heteroatoms. The fourth-order valence-electron chi connectivity index (χ4n) is 4.02. The highest BCUT2D eigenvalue weighted by atomic mass is 16.5. The van der Waals surface area contributed by atoms with Gasteiger partial charge in [0.1, 0.15) is 11.6 Å². The maximum Gasteiger partial charge on any atom is 0.303 e. The lowest BCUT2D eigenvalue weighted by Gasteiger charge is -2.38. The van der Waals surface area contributed by atoms with Gasteiger partial charge in [0.2, 0.25) is 5.91 Å². The van der Waals surface area contributed by atoms with Crippen LogP contribution in [-0.2, 0) is 16.0 Å². The number of carbonyl (C=O) groups excluding carboxylic acids is 1. The minimum absolute atomic E-state index is 0.0448. The minimum Gasteiger partial charge on any atom is -0.497 e. The Hall–Kier alpha value is -2.57. The summed E-state index contributed by atoms with van der Waals surface area (Å²) < 4.78 is 5.26. The van der Waals surface area contributed by atoms with Crippen molar-refractivity contribution < 1.29 is 19.4 Å². The van der Waals surface area contributed by atoms with Gasteiger partial charge in [0, 0.05) is 38.4 Å². The SMILES string of the molecule is COc1ccc2nc(C[C@H]3CN(C(=O)CC(C)C)CC[C@H]3CC(=O)O)[nH]c2c1. The summed E-state index contributed by atoms with van der Waals surface area (Å²) in [6.07, 6.45) is 2.00. The molecular formula is C21H29N3O4. The second kappa shape index (κ2) is 8.63. The average molecular weight is 387 g/mol. The zero-order valence-electron chi connectivity index (χ0n) is 16.8. The highest BCUT2D eigenvalue weighted by Gasteiger charge is 2.33. The monoisotopic (exact) mass is 387 g/mol. The molecule has 0 bridgehead atoms. The number of fused-ring (bicyclic) bond motifs is 1. The molecule has 152 valence electrons. The Morgan fingerprint density at radius 3 is 2.82 bits per heavy atom. The van der Waals surface area contributed by atoms with Crippen molar-refractivity contribution in [2.24, 2.45) is 17.8 Å². The molecule has 1 fully saturated rings. The topological polar surface area (TPSA) is 95.5 Å². The number of rotatable bonds is 7. The molecule has 1 aliphatic heterocycles. The van der Waals surface area contributed by atoms with Crippen LogP contribution >= 0.6 is 0 Å². The molecule has 7 nitrogen and oxygen atoms in total. The van der Waals surface area contributed by atoms with Crippen LogP contribution in [0.1, 0.15) is 38.9 Å². The summed E-state index contributed by atoms with van der Waals surface area (Å²) in [5, 5.41) is 9.30. The summed E-state index contributed by atoms with van der Waals surface area (Å²) >= 11 is 0. The standard InChI is InChI=1S/C21H29N3O4/c1-13(2)8-20(25)24-7-6-14(10-21(26)27)15(12-24)9-19-22-17-5-4-16(28-3)11-18(17)23-19/h4-5,11,13-15H,6-10,12H2,1-3H3,(H,22,23)(H,26,27)/t14-,15-/m0/s1. The summed E-state index contributed by atoms with van der Waals surface area (Å²) in [5.41, 5.74) is 1.75. The van der Waals surface area contributed by atoms with E-state index in [1.165, 1.54) is 0 Å². The van der Waals surface area contributed by atoms with Crippen molar-refractivity contribution in [2.75, 3.05) is 20.2 Å². The van der Waals surface area contributed by atoms with Crippen LogP contribution in [0.15, 0.2) is 18.2 Å². The quantitative estimate of drug-likeness (QED) is 0.761. The molecule has 28 heavy (non-hydrogen) atoms. The molecule has 0 saturated carbocycles. The van der Waals surface area contributed by atoms with Crippen LogP contribution < -0.4 is 4.74 Å². The Bertz CT molecular complexity index is 845. The van der Waals surface area contributed by atoms with Crippen LogP contribution in [-0.4, -0.2) is 52.1 Å². The Labute approximate surface area is 165 Å². The van der Waals surface area contributed by atoms with Gasteiger partial charge in [0.25, 0.3) is 0 Å². The van der Waals surface area contributed by atoms with E-state index in [1.807, 2.05) is 36.9 Å². The maximum absolute atomic E-state index is 12.5. The fraction of sp³-hybridized carbons (Fsp3) is 0.571. The number of carboxylic acids is 1. The van der Waals surface area contributed by atoms with Crippen molar-refractivity contribution in [3.05, 3.63) is 24.0 Å². The van der Waals surface area contributed by atoms with Crippen LogP contribution in [0.2, 0.25) is 0 Å². The number of piperidine rings is 1. The number of hydrogen-bond donors (Lipinski definition) is 2. The average Bonchev–Trinajstić information content (AvgIpc) is 3.03. The number of aromatic nitrogens is 2. The van der Waals surface area contributed by atoms with E-state index in [4.69, 9.17) is 4.74 Å². The number of H-pyrrole nitrogens is 1. The molecule has 2 atom stereocenters. The molecule has 0 aliphatic carbocycles. The summed E-state index contributed by atoms with van der Waals surface area (Å²) in [6, 6.07) is 5.68. The van der Waals surface area contributed by atoms with Crippen LogP contribution in [0, 0.1) is 17.8 Å². The molecule has 1 saturated heterocycles. The van der Waals surface area contributed by atoms with Gasteiger partial charge in [-0.3, -0.25) is 9.59 Å². The third kappa shape index (κ3) is 4.82. The molecule has 0 unspecified atom stereocenters. The Morgan fingerprint density at radius 2 is 2.14 bits per heavy atom. The molecule has 1 aliphatic rings. The molecule has 2 heterocycles. The van der Waals surface area contributed by atoms with Gasteiger partial charge in [0.05, 0.1) is 18.1 Å². The van der Waals surface area contributed by atoms with Crippen molar-refractivity contribution in [2.45, 2.75) is 39.5 Å². The zero-order valence-corrected chi connectivity index (χ0v) is 16.8. The van der Waals surface area contributed by atoms with Crippen LogP contribution in [0.5, 0.6) is 5.75 Å². The lowest BCUT2D eigenvalue weighted by atomic mass is 9.81. The molecular weight excluding hydrogens is 358 g/mol. The van der Waals surface area contributed by atoms with E-state index in [-0.39, 0.29) is 24.2 Å². The number of ether oxygens (including phenoxy) is 1. The molecule has 1 aromatic heterocycles. The normalized spacial score (nSPS) is 19.9. The van der Waals surface area contributed by atoms with Gasteiger partial charge in [-0.15, -0.1) is 0 Å². The largest absolute Gasteiger partial charge is 0.497 e. The maximum atomic E-state index is 12.5. The third-order valence-electron chi connectivity index (χ3n) is 5.46. The zero-order chi connectivity index (χ0) is 20.3. The lowest BCUT2D eigenvalue weighted by Crippen LogP contribution is -2.45. The molecule has 1 amide bonds. The number of imidazole rings is 1. The van der Waals surface area contributed by atoms with Gasteiger partial charge >= 0.3 is 5.97 Å². The van der Waals surface area contributed by atoms with Gasteiger partial charge in [-0.25, -0.2) is 4.98 Å². The van der Waals surface area contributed by atoms with E-state index in [0.29, 0.717) is 31.8 Å². The number of aromatic amines is 1. The lowest BCUT2D eigenvalue weighted by molar-refractivity contribution is -0.140. The van der Waals surface area contributed by atoms with Crippen molar-refractivity contribution in [3.8, 4) is 5.75 Å². The second-order valence-corrected chi connectivity index (χ2v) is 8.12. The number of aliphatic carboxylic acids is 1. The Balaban J connectivity index is 1.77. The van der Waals surface area contributed by atoms with E-state index in [2.05, 4.69) is 9.97 Å². The van der Waals surface area contributed by atoms with Gasteiger partial charge in [-0.1, -0.05) is 13.8 Å². The first-order valence-corrected chi connectivity index (χ1v) is 9.88. The van der Waals surface area contributed by atoms with Crippen molar-refractivity contribution >= 4 is 22.9 Å². The number of nitrogens with one attached hydrogen (secondary N) is 1. The molecule has 3 rings (SSSR count). The number of likely N-dealkylation sites (tertiary alicyclic amines) is 1. The van der Waals surface area contributed by atoms with Crippen molar-refractivity contribution in [3.63, 3.8) is 0 Å². The molecule has 0 radical (unpaired) electrons. The van der Waals surface area contributed by atoms with E-state index < -0.39 is 5.97 Å². The number of benzene rings is 1. The first-order valence-electron chi connectivity index (χ1n) is 9.88. The first kappa shape index (κ1) is 20.2. The smallest absolute Gasteiger partial charge is 0.303 e.